The van der Waals surface area contributed by atoms with Crippen LogP contribution in [0.25, 0.3) is 10.9 Å². The first-order chi connectivity index (χ1) is 12.7. The van der Waals surface area contributed by atoms with Gasteiger partial charge in [-0.2, -0.15) is 0 Å². The molecule has 0 fully saturated rings. The molecule has 1 aromatic heterocycles. The highest BCUT2D eigenvalue weighted by Gasteiger charge is 2.17. The number of ether oxygens (including phenoxy) is 1. The van der Waals surface area contributed by atoms with Gasteiger partial charge in [-0.15, -0.1) is 0 Å². The van der Waals surface area contributed by atoms with E-state index in [0.29, 0.717) is 11.3 Å². The van der Waals surface area contributed by atoms with Gasteiger partial charge in [0.25, 0.3) is 5.56 Å². The first-order valence-corrected chi connectivity index (χ1v) is 9.55. The minimum Gasteiger partial charge on any atom is -0.497 e. The van der Waals surface area contributed by atoms with E-state index in [1.807, 2.05) is 0 Å². The van der Waals surface area contributed by atoms with E-state index in [0.717, 1.165) is 10.1 Å². The number of nitrogens with one attached hydrogen (secondary N) is 1. The van der Waals surface area contributed by atoms with Gasteiger partial charge in [-0.25, -0.2) is 17.9 Å². The van der Waals surface area contributed by atoms with Crippen LogP contribution in [0.1, 0.15) is 5.56 Å². The minimum atomic E-state index is -3.85. The van der Waals surface area contributed by atoms with Crippen molar-refractivity contribution < 1.29 is 13.2 Å². The Balaban J connectivity index is 1.98. The number of aromatic nitrogens is 2. The van der Waals surface area contributed by atoms with Crippen LogP contribution in [0.5, 0.6) is 5.75 Å². The summed E-state index contributed by atoms with van der Waals surface area (Å²) in [5.41, 5.74) is 0.0871. The van der Waals surface area contributed by atoms with Crippen molar-refractivity contribution >= 4 is 20.9 Å². The van der Waals surface area contributed by atoms with Crippen LogP contribution in [0.4, 0.5) is 0 Å². The zero-order valence-corrected chi connectivity index (χ0v) is 15.9. The minimum absolute atomic E-state index is 0.0476. The molecule has 0 saturated carbocycles. The molecule has 8 nitrogen and oxygen atoms in total. The standard InChI is InChI=1S/C18H19N3O5S/c1-20-16-8-7-14(10-15(16)17(22)21(2)18(20)23)27(24,25)19-11-12-5-4-6-13(9-12)26-3/h4-10,19H,11H2,1-3H3. The van der Waals surface area contributed by atoms with E-state index in [1.54, 1.807) is 24.3 Å². The summed E-state index contributed by atoms with van der Waals surface area (Å²) in [5, 5.41) is 0.156. The van der Waals surface area contributed by atoms with Crippen LogP contribution in [0.3, 0.4) is 0 Å². The van der Waals surface area contributed by atoms with E-state index in [1.165, 1.54) is 44.0 Å². The maximum Gasteiger partial charge on any atom is 0.330 e. The zero-order chi connectivity index (χ0) is 19.8. The van der Waals surface area contributed by atoms with E-state index >= 15 is 0 Å². The lowest BCUT2D eigenvalue weighted by Crippen LogP contribution is -2.37. The van der Waals surface area contributed by atoms with E-state index < -0.39 is 21.3 Å². The molecule has 0 spiro atoms. The van der Waals surface area contributed by atoms with Gasteiger partial charge < -0.3 is 4.74 Å². The van der Waals surface area contributed by atoms with Gasteiger partial charge >= 0.3 is 5.69 Å². The molecule has 0 radical (unpaired) electrons. The molecule has 1 N–H and O–H groups in total. The Morgan fingerprint density at radius 3 is 2.48 bits per heavy atom. The van der Waals surface area contributed by atoms with Crippen molar-refractivity contribution in [2.24, 2.45) is 14.1 Å². The maximum absolute atomic E-state index is 12.6. The second-order valence-corrected chi connectivity index (χ2v) is 7.83. The molecule has 1 heterocycles. The van der Waals surface area contributed by atoms with Gasteiger partial charge in [0.05, 0.1) is 22.9 Å². The van der Waals surface area contributed by atoms with Gasteiger partial charge in [0.2, 0.25) is 10.0 Å². The third-order valence-corrected chi connectivity index (χ3v) is 5.75. The van der Waals surface area contributed by atoms with Gasteiger partial charge in [-0.3, -0.25) is 13.9 Å². The number of rotatable bonds is 5. The Kier molecular flexibility index (Phi) is 4.90. The summed E-state index contributed by atoms with van der Waals surface area (Å²) in [7, 11) is 0.566. The number of hydrogen-bond donors (Lipinski definition) is 1. The van der Waals surface area contributed by atoms with Crippen LogP contribution in [0, 0.1) is 0 Å². The second kappa shape index (κ2) is 7.01. The summed E-state index contributed by atoms with van der Waals surface area (Å²) in [6.45, 7) is 0.0723. The summed E-state index contributed by atoms with van der Waals surface area (Å²) >= 11 is 0. The lowest BCUT2D eigenvalue weighted by Gasteiger charge is -2.11. The average Bonchev–Trinajstić information content (AvgIpc) is 2.68. The van der Waals surface area contributed by atoms with Gasteiger partial charge in [0, 0.05) is 20.6 Å². The molecule has 9 heteroatoms. The Hall–Kier alpha value is -2.91. The van der Waals surface area contributed by atoms with Crippen LogP contribution in [-0.4, -0.2) is 24.7 Å². The molecule has 0 aliphatic carbocycles. The second-order valence-electron chi connectivity index (χ2n) is 6.06. The quantitative estimate of drug-likeness (QED) is 0.693. The molecular formula is C18H19N3O5S. The number of hydrogen-bond acceptors (Lipinski definition) is 5. The zero-order valence-electron chi connectivity index (χ0n) is 15.1. The van der Waals surface area contributed by atoms with Crippen molar-refractivity contribution in [3.8, 4) is 5.75 Å². The highest BCUT2D eigenvalue weighted by atomic mass is 32.2. The molecule has 0 amide bonds. The Morgan fingerprint density at radius 1 is 1.04 bits per heavy atom. The summed E-state index contributed by atoms with van der Waals surface area (Å²) in [6, 6.07) is 11.1. The van der Waals surface area contributed by atoms with E-state index in [9.17, 15) is 18.0 Å². The van der Waals surface area contributed by atoms with Crippen molar-refractivity contribution in [2.75, 3.05) is 7.11 Å². The largest absolute Gasteiger partial charge is 0.497 e. The maximum atomic E-state index is 12.6. The molecule has 0 aliphatic heterocycles. The van der Waals surface area contributed by atoms with Crippen molar-refractivity contribution in [1.29, 1.82) is 0 Å². The molecule has 0 saturated heterocycles. The van der Waals surface area contributed by atoms with Gasteiger partial charge in [-0.1, -0.05) is 12.1 Å². The molecule has 3 aromatic rings. The average molecular weight is 389 g/mol. The van der Waals surface area contributed by atoms with Gasteiger partial charge in [0.15, 0.2) is 0 Å². The summed E-state index contributed by atoms with van der Waals surface area (Å²) < 4.78 is 35.1. The third kappa shape index (κ3) is 3.51. The van der Waals surface area contributed by atoms with E-state index in [-0.39, 0.29) is 16.8 Å². The SMILES string of the molecule is COc1cccc(CNS(=O)(=O)c2ccc3c(c2)c(=O)n(C)c(=O)n3C)c1. The van der Waals surface area contributed by atoms with E-state index in [2.05, 4.69) is 4.72 Å². The number of fused-ring (bicyclic) bond motifs is 1. The summed E-state index contributed by atoms with van der Waals surface area (Å²) in [6.07, 6.45) is 0. The van der Waals surface area contributed by atoms with Crippen LogP contribution in [0.15, 0.2) is 56.9 Å². The number of sulfonamides is 1. The topological polar surface area (TPSA) is 99.4 Å². The highest BCUT2D eigenvalue weighted by molar-refractivity contribution is 7.89. The van der Waals surface area contributed by atoms with Crippen molar-refractivity contribution in [2.45, 2.75) is 11.4 Å². The number of nitrogens with zero attached hydrogens (tertiary/aromatic N) is 2. The number of benzene rings is 2. The first-order valence-electron chi connectivity index (χ1n) is 8.07. The summed E-state index contributed by atoms with van der Waals surface area (Å²) in [4.78, 5) is 24.3. The molecule has 27 heavy (non-hydrogen) atoms. The van der Waals surface area contributed by atoms with Crippen molar-refractivity contribution in [3.05, 3.63) is 68.9 Å². The van der Waals surface area contributed by atoms with Gasteiger partial charge in [-0.05, 0) is 35.9 Å². The Morgan fingerprint density at radius 2 is 1.78 bits per heavy atom. The fourth-order valence-electron chi connectivity index (χ4n) is 2.79. The molecule has 0 atom stereocenters. The molecule has 0 unspecified atom stereocenters. The van der Waals surface area contributed by atoms with Crippen LogP contribution < -0.4 is 20.7 Å². The smallest absolute Gasteiger partial charge is 0.330 e. The predicted molar refractivity (Wildman–Crippen MR) is 101 cm³/mol. The normalized spacial score (nSPS) is 11.7. The number of methoxy groups -OCH3 is 1. The molecule has 0 aliphatic rings. The molecule has 142 valence electrons. The molecular weight excluding hydrogens is 370 g/mol. The predicted octanol–water partition coefficient (Wildman–Crippen LogP) is 0.724. The van der Waals surface area contributed by atoms with Crippen LogP contribution in [0.2, 0.25) is 0 Å². The van der Waals surface area contributed by atoms with Crippen molar-refractivity contribution in [1.82, 2.24) is 13.9 Å². The third-order valence-electron chi connectivity index (χ3n) is 4.35. The monoisotopic (exact) mass is 389 g/mol. The fraction of sp³-hybridized carbons (Fsp3) is 0.222. The highest BCUT2D eigenvalue weighted by Crippen LogP contribution is 2.17. The lowest BCUT2D eigenvalue weighted by molar-refractivity contribution is 0.414. The van der Waals surface area contributed by atoms with Gasteiger partial charge in [0.1, 0.15) is 5.75 Å². The molecule has 3 rings (SSSR count). The fourth-order valence-corrected chi connectivity index (χ4v) is 3.83. The van der Waals surface area contributed by atoms with Crippen LogP contribution in [-0.2, 0) is 30.7 Å². The van der Waals surface area contributed by atoms with Crippen LogP contribution >= 0.6 is 0 Å². The Labute approximate surface area is 155 Å². The first kappa shape index (κ1) is 18.9. The molecule has 2 aromatic carbocycles. The molecule has 0 bridgehead atoms. The van der Waals surface area contributed by atoms with E-state index in [4.69, 9.17) is 4.74 Å². The number of aryl methyl sites for hydroxylation is 1. The lowest BCUT2D eigenvalue weighted by atomic mass is 10.2. The Bertz CT molecular complexity index is 1240. The van der Waals surface area contributed by atoms with Crippen molar-refractivity contribution in [3.63, 3.8) is 0 Å². The summed E-state index contributed by atoms with van der Waals surface area (Å²) in [5.74, 6) is 0.627.